The zero-order valence-corrected chi connectivity index (χ0v) is 13.2. The summed E-state index contributed by atoms with van der Waals surface area (Å²) >= 11 is 0. The summed E-state index contributed by atoms with van der Waals surface area (Å²) in [7, 11) is 0. The third-order valence-electron chi connectivity index (χ3n) is 4.15. The number of pyridine rings is 1. The van der Waals surface area contributed by atoms with Crippen molar-refractivity contribution in [1.82, 2.24) is 4.98 Å². The summed E-state index contributed by atoms with van der Waals surface area (Å²) in [6.45, 7) is 0. The molecule has 0 saturated carbocycles. The second kappa shape index (κ2) is 5.94. The number of benzene rings is 2. The predicted molar refractivity (Wildman–Crippen MR) is 94.6 cm³/mol. The highest BCUT2D eigenvalue weighted by Crippen LogP contribution is 2.38. The molecule has 4 nitrogen and oxygen atoms in total. The molecule has 122 valence electrons. The Labute approximate surface area is 144 Å². The van der Waals surface area contributed by atoms with Crippen molar-refractivity contribution in [3.8, 4) is 5.75 Å². The SMILES string of the molecule is Oc1ccc(C2(c3ccncc3)N=CC(c3ccc(F)cc3)=N2)cc1. The van der Waals surface area contributed by atoms with Gasteiger partial charge in [-0.2, -0.15) is 0 Å². The Balaban J connectivity index is 1.87. The molecule has 0 amide bonds. The number of hydrogen-bond acceptors (Lipinski definition) is 4. The van der Waals surface area contributed by atoms with Gasteiger partial charge in [0.2, 0.25) is 5.66 Å². The molecule has 1 N–H and O–H groups in total. The average Bonchev–Trinajstić information content (AvgIpc) is 3.10. The monoisotopic (exact) mass is 331 g/mol. The highest BCUT2D eigenvalue weighted by atomic mass is 19.1. The first-order valence-electron chi connectivity index (χ1n) is 7.78. The maximum absolute atomic E-state index is 13.2. The Morgan fingerprint density at radius 1 is 0.800 bits per heavy atom. The van der Waals surface area contributed by atoms with Crippen molar-refractivity contribution < 1.29 is 9.50 Å². The van der Waals surface area contributed by atoms with E-state index >= 15 is 0 Å². The Morgan fingerprint density at radius 2 is 1.44 bits per heavy atom. The second-order valence-corrected chi connectivity index (χ2v) is 5.72. The summed E-state index contributed by atoms with van der Waals surface area (Å²) < 4.78 is 13.2. The fraction of sp³-hybridized carbons (Fsp3) is 0.0500. The molecule has 0 spiro atoms. The highest BCUT2D eigenvalue weighted by Gasteiger charge is 2.36. The van der Waals surface area contributed by atoms with Crippen molar-refractivity contribution in [3.05, 3.63) is 95.6 Å². The Bertz CT molecular complexity index is 950. The molecule has 3 aromatic rings. The lowest BCUT2D eigenvalue weighted by molar-refractivity contribution is 0.474. The number of phenols is 1. The minimum absolute atomic E-state index is 0.179. The van der Waals surface area contributed by atoms with Gasteiger partial charge in [-0.3, -0.25) is 9.98 Å². The van der Waals surface area contributed by atoms with Gasteiger partial charge in [0.25, 0.3) is 0 Å². The van der Waals surface area contributed by atoms with Crippen LogP contribution in [0.3, 0.4) is 0 Å². The third kappa shape index (κ3) is 2.70. The van der Waals surface area contributed by atoms with E-state index in [-0.39, 0.29) is 11.6 Å². The van der Waals surface area contributed by atoms with Gasteiger partial charge in [-0.15, -0.1) is 0 Å². The Hall–Kier alpha value is -3.34. The van der Waals surface area contributed by atoms with Gasteiger partial charge in [0.1, 0.15) is 11.6 Å². The van der Waals surface area contributed by atoms with Crippen molar-refractivity contribution in [2.75, 3.05) is 0 Å². The molecule has 4 rings (SSSR count). The summed E-state index contributed by atoms with van der Waals surface area (Å²) in [6.07, 6.45) is 5.08. The van der Waals surface area contributed by atoms with E-state index in [9.17, 15) is 9.50 Å². The van der Waals surface area contributed by atoms with Crippen LogP contribution in [0.2, 0.25) is 0 Å². The van der Waals surface area contributed by atoms with Crippen molar-refractivity contribution in [2.45, 2.75) is 5.66 Å². The summed E-state index contributed by atoms with van der Waals surface area (Å²) in [4.78, 5) is 13.6. The molecule has 1 unspecified atom stereocenters. The van der Waals surface area contributed by atoms with Gasteiger partial charge in [-0.1, -0.05) is 12.1 Å². The second-order valence-electron chi connectivity index (χ2n) is 5.72. The van der Waals surface area contributed by atoms with Crippen LogP contribution in [0, 0.1) is 5.82 Å². The van der Waals surface area contributed by atoms with E-state index < -0.39 is 5.66 Å². The Morgan fingerprint density at radius 3 is 2.12 bits per heavy atom. The van der Waals surface area contributed by atoms with E-state index in [4.69, 9.17) is 4.99 Å². The van der Waals surface area contributed by atoms with Crippen molar-refractivity contribution in [3.63, 3.8) is 0 Å². The van der Waals surface area contributed by atoms with Crippen LogP contribution < -0.4 is 0 Å². The van der Waals surface area contributed by atoms with E-state index in [2.05, 4.69) is 9.98 Å². The maximum atomic E-state index is 13.2. The van der Waals surface area contributed by atoms with Gasteiger partial charge < -0.3 is 5.11 Å². The van der Waals surface area contributed by atoms with Crippen LogP contribution in [0.15, 0.2) is 83.0 Å². The minimum Gasteiger partial charge on any atom is -0.508 e. The number of halogens is 1. The molecule has 2 aromatic carbocycles. The van der Waals surface area contributed by atoms with Crippen molar-refractivity contribution in [1.29, 1.82) is 0 Å². The zero-order chi connectivity index (χ0) is 17.3. The molecule has 1 aliphatic heterocycles. The quantitative estimate of drug-likeness (QED) is 0.795. The highest BCUT2D eigenvalue weighted by molar-refractivity contribution is 6.39. The molecule has 1 atom stereocenters. The van der Waals surface area contributed by atoms with Gasteiger partial charge in [-0.25, -0.2) is 9.38 Å². The molecule has 0 fully saturated rings. The number of aliphatic imine (C=N–C) groups is 2. The van der Waals surface area contributed by atoms with E-state index in [1.165, 1.54) is 12.1 Å². The van der Waals surface area contributed by atoms with Gasteiger partial charge in [0, 0.05) is 29.1 Å². The predicted octanol–water partition coefficient (Wildman–Crippen LogP) is 3.70. The molecule has 5 heteroatoms. The number of nitrogens with zero attached hydrogens (tertiary/aromatic N) is 3. The Kier molecular flexibility index (Phi) is 3.61. The van der Waals surface area contributed by atoms with Crippen LogP contribution >= 0.6 is 0 Å². The largest absolute Gasteiger partial charge is 0.508 e. The molecule has 1 aliphatic rings. The molecule has 0 bridgehead atoms. The van der Waals surface area contributed by atoms with E-state index in [1.807, 2.05) is 12.1 Å². The van der Waals surface area contributed by atoms with Crippen LogP contribution in [-0.4, -0.2) is 22.0 Å². The fourth-order valence-electron chi connectivity index (χ4n) is 2.87. The maximum Gasteiger partial charge on any atom is 0.202 e. The van der Waals surface area contributed by atoms with Gasteiger partial charge in [-0.05, 0) is 48.5 Å². The fourth-order valence-corrected chi connectivity index (χ4v) is 2.87. The smallest absolute Gasteiger partial charge is 0.202 e. The molecule has 1 aromatic heterocycles. The van der Waals surface area contributed by atoms with Crippen LogP contribution in [0.25, 0.3) is 0 Å². The van der Waals surface area contributed by atoms with E-state index in [1.54, 1.807) is 55.0 Å². The summed E-state index contributed by atoms with van der Waals surface area (Å²) in [5.41, 5.74) is 2.21. The molecule has 25 heavy (non-hydrogen) atoms. The number of phenolic OH excluding ortho intramolecular Hbond substituents is 1. The molecular weight excluding hydrogens is 317 g/mol. The molecule has 0 radical (unpaired) electrons. The summed E-state index contributed by atoms with van der Waals surface area (Å²) in [5.74, 6) is -0.114. The lowest BCUT2D eigenvalue weighted by Gasteiger charge is -2.24. The van der Waals surface area contributed by atoms with Crippen LogP contribution in [0.5, 0.6) is 5.75 Å². The number of aromatic hydroxyl groups is 1. The molecule has 2 heterocycles. The molecule has 0 saturated heterocycles. The first-order chi connectivity index (χ1) is 12.2. The number of hydrogen-bond donors (Lipinski definition) is 1. The minimum atomic E-state index is -0.944. The number of aromatic nitrogens is 1. The van der Waals surface area contributed by atoms with Gasteiger partial charge >= 0.3 is 0 Å². The summed E-state index contributed by atoms with van der Waals surface area (Å²) in [5, 5.41) is 9.59. The number of rotatable bonds is 3. The lowest BCUT2D eigenvalue weighted by Crippen LogP contribution is -2.21. The topological polar surface area (TPSA) is 57.8 Å². The molecule has 0 aliphatic carbocycles. The van der Waals surface area contributed by atoms with Gasteiger partial charge in [0.15, 0.2) is 0 Å². The summed E-state index contributed by atoms with van der Waals surface area (Å²) in [6, 6.07) is 16.7. The lowest BCUT2D eigenvalue weighted by atomic mass is 9.93. The molecular formula is C20H14FN3O. The van der Waals surface area contributed by atoms with E-state index in [0.29, 0.717) is 5.71 Å². The third-order valence-corrected chi connectivity index (χ3v) is 4.15. The van der Waals surface area contributed by atoms with Crippen LogP contribution in [0.1, 0.15) is 16.7 Å². The first-order valence-corrected chi connectivity index (χ1v) is 7.78. The average molecular weight is 331 g/mol. The normalized spacial score (nSPS) is 19.0. The van der Waals surface area contributed by atoms with Crippen molar-refractivity contribution >= 4 is 11.9 Å². The van der Waals surface area contributed by atoms with Crippen molar-refractivity contribution in [2.24, 2.45) is 9.98 Å². The van der Waals surface area contributed by atoms with E-state index in [0.717, 1.165) is 16.7 Å². The first kappa shape index (κ1) is 15.2. The van der Waals surface area contributed by atoms with Gasteiger partial charge in [0.05, 0.1) is 11.9 Å². The standard InChI is InChI=1S/C20H14FN3O/c21-17-5-1-14(2-6-17)19-13-23-20(24-19,16-9-11-22-12-10-16)15-3-7-18(25)8-4-15/h1-13,25H. The van der Waals surface area contributed by atoms with Crippen LogP contribution in [0.4, 0.5) is 4.39 Å². The zero-order valence-electron chi connectivity index (χ0n) is 13.2. The van der Waals surface area contributed by atoms with Crippen LogP contribution in [-0.2, 0) is 5.66 Å².